The second kappa shape index (κ2) is 11.0. The third-order valence-electron chi connectivity index (χ3n) is 7.71. The van der Waals surface area contributed by atoms with Crippen LogP contribution in [-0.4, -0.2) is 88.6 Å². The predicted octanol–water partition coefficient (Wildman–Crippen LogP) is 4.32. The van der Waals surface area contributed by atoms with Gasteiger partial charge in [-0.2, -0.15) is 5.10 Å². The lowest BCUT2D eigenvalue weighted by Gasteiger charge is -2.33. The van der Waals surface area contributed by atoms with Gasteiger partial charge in [0, 0.05) is 49.4 Å². The number of fused-ring (bicyclic) bond motifs is 2. The molecule has 0 unspecified atom stereocenters. The summed E-state index contributed by atoms with van der Waals surface area (Å²) in [5.74, 6) is 0.830. The van der Waals surface area contributed by atoms with E-state index in [-0.39, 0.29) is 12.0 Å². The number of aromatic nitrogens is 4. The minimum absolute atomic E-state index is 0.131. The van der Waals surface area contributed by atoms with E-state index in [0.29, 0.717) is 42.6 Å². The lowest BCUT2D eigenvalue weighted by molar-refractivity contribution is 0.0183. The van der Waals surface area contributed by atoms with Gasteiger partial charge in [-0.25, -0.2) is 9.78 Å². The topological polar surface area (TPSA) is 128 Å². The number of anilines is 1. The van der Waals surface area contributed by atoms with Crippen molar-refractivity contribution in [2.24, 2.45) is 5.92 Å². The van der Waals surface area contributed by atoms with Crippen molar-refractivity contribution in [2.45, 2.75) is 39.2 Å². The van der Waals surface area contributed by atoms with Crippen LogP contribution in [0.25, 0.3) is 33.5 Å². The summed E-state index contributed by atoms with van der Waals surface area (Å²) in [5.41, 5.74) is 4.50. The highest BCUT2D eigenvalue weighted by Gasteiger charge is 2.27. The zero-order chi connectivity index (χ0) is 28.6. The van der Waals surface area contributed by atoms with Crippen LogP contribution < -0.4 is 10.2 Å². The van der Waals surface area contributed by atoms with Crippen LogP contribution in [0.1, 0.15) is 44.0 Å². The summed E-state index contributed by atoms with van der Waals surface area (Å²) in [4.78, 5) is 37.7. The number of amides is 2. The molecule has 0 atom stereocenters. The van der Waals surface area contributed by atoms with Crippen LogP contribution >= 0.6 is 0 Å². The SMILES string of the molecule is CC(C)(C)OC(=O)N1CCC(CNC(=O)c2ccc3[nH]nc(-c4nc5ccc(N6CCOCC6)cc5[nH]4)c3c2)CC1. The first-order valence-electron chi connectivity index (χ1n) is 14.3. The molecule has 0 bridgehead atoms. The van der Waals surface area contributed by atoms with Gasteiger partial charge in [-0.3, -0.25) is 9.89 Å². The molecule has 2 aliphatic rings. The highest BCUT2D eigenvalue weighted by Crippen LogP contribution is 2.29. The van der Waals surface area contributed by atoms with Crippen molar-refractivity contribution in [3.8, 4) is 11.5 Å². The van der Waals surface area contributed by atoms with Crippen molar-refractivity contribution in [1.82, 2.24) is 30.4 Å². The molecule has 0 spiro atoms. The number of morpholine rings is 1. The number of carbonyl (C=O) groups excluding carboxylic acids is 2. The normalized spacial score (nSPS) is 16.9. The van der Waals surface area contributed by atoms with Crippen molar-refractivity contribution in [1.29, 1.82) is 0 Å². The molecular weight excluding hydrogens is 522 g/mol. The van der Waals surface area contributed by atoms with Crippen LogP contribution in [0.4, 0.5) is 10.5 Å². The van der Waals surface area contributed by atoms with Gasteiger partial charge in [-0.1, -0.05) is 0 Å². The van der Waals surface area contributed by atoms with E-state index in [9.17, 15) is 9.59 Å². The number of hydrogen-bond acceptors (Lipinski definition) is 7. The maximum atomic E-state index is 13.1. The van der Waals surface area contributed by atoms with Crippen LogP contribution in [0.5, 0.6) is 0 Å². The third-order valence-corrected chi connectivity index (χ3v) is 7.71. The lowest BCUT2D eigenvalue weighted by Crippen LogP contribution is -2.43. The van der Waals surface area contributed by atoms with Gasteiger partial charge in [-0.05, 0) is 75.9 Å². The van der Waals surface area contributed by atoms with Gasteiger partial charge < -0.3 is 29.6 Å². The van der Waals surface area contributed by atoms with Gasteiger partial charge in [0.15, 0.2) is 5.82 Å². The van der Waals surface area contributed by atoms with Gasteiger partial charge in [0.25, 0.3) is 5.91 Å². The molecule has 0 saturated carbocycles. The molecule has 41 heavy (non-hydrogen) atoms. The molecule has 2 aliphatic heterocycles. The standard InChI is InChI=1S/C30H37N7O4/c1-30(2,3)41-29(39)37-10-8-19(9-11-37)18-31-28(38)20-4-6-23-22(16-20)26(35-34-23)27-32-24-7-5-21(17-25(24)33-27)36-12-14-40-15-13-36/h4-7,16-17,19H,8-15,18H2,1-3H3,(H,31,38)(H,32,33)(H,34,35). The Labute approximate surface area is 238 Å². The summed E-state index contributed by atoms with van der Waals surface area (Å²) < 4.78 is 11.0. The van der Waals surface area contributed by atoms with Crippen LogP contribution in [0.2, 0.25) is 0 Å². The van der Waals surface area contributed by atoms with E-state index in [1.165, 1.54) is 0 Å². The highest BCUT2D eigenvalue weighted by atomic mass is 16.6. The number of H-pyrrole nitrogens is 2. The number of nitrogens with one attached hydrogen (secondary N) is 3. The maximum Gasteiger partial charge on any atom is 0.410 e. The Balaban J connectivity index is 1.11. The number of imidazole rings is 1. The Hall–Kier alpha value is -4.12. The summed E-state index contributed by atoms with van der Waals surface area (Å²) in [5, 5.41) is 11.5. The second-order valence-corrected chi connectivity index (χ2v) is 11.8. The molecule has 2 aromatic heterocycles. The quantitative estimate of drug-likeness (QED) is 0.332. The van der Waals surface area contributed by atoms with Crippen molar-refractivity contribution >= 4 is 39.6 Å². The maximum absolute atomic E-state index is 13.1. The Kier molecular flexibility index (Phi) is 7.29. The number of piperidine rings is 1. The first kappa shape index (κ1) is 27.1. The molecule has 2 saturated heterocycles. The van der Waals surface area contributed by atoms with Gasteiger partial charge in [0.1, 0.15) is 11.3 Å². The first-order valence-corrected chi connectivity index (χ1v) is 14.3. The van der Waals surface area contributed by atoms with E-state index in [2.05, 4.69) is 37.5 Å². The Bertz CT molecular complexity index is 1560. The average Bonchev–Trinajstić information content (AvgIpc) is 3.59. The van der Waals surface area contributed by atoms with Gasteiger partial charge in [0.05, 0.1) is 29.8 Å². The van der Waals surface area contributed by atoms with E-state index in [1.807, 2.05) is 39.0 Å². The molecule has 2 aromatic carbocycles. The number of aromatic amines is 2. The number of benzene rings is 2. The molecule has 0 aliphatic carbocycles. The Morgan fingerprint density at radius 3 is 2.59 bits per heavy atom. The van der Waals surface area contributed by atoms with E-state index >= 15 is 0 Å². The molecule has 11 heteroatoms. The summed E-state index contributed by atoms with van der Waals surface area (Å²) in [6.45, 7) is 10.6. The number of rotatable bonds is 5. The molecule has 6 rings (SSSR count). The molecular formula is C30H37N7O4. The monoisotopic (exact) mass is 559 g/mol. The zero-order valence-electron chi connectivity index (χ0n) is 23.8. The summed E-state index contributed by atoms with van der Waals surface area (Å²) in [7, 11) is 0. The Morgan fingerprint density at radius 1 is 1.05 bits per heavy atom. The van der Waals surface area contributed by atoms with Crippen molar-refractivity contribution < 1.29 is 19.1 Å². The minimum atomic E-state index is -0.505. The van der Waals surface area contributed by atoms with Crippen molar-refractivity contribution in [2.75, 3.05) is 50.8 Å². The number of ether oxygens (including phenoxy) is 2. The largest absolute Gasteiger partial charge is 0.444 e. The highest BCUT2D eigenvalue weighted by molar-refractivity contribution is 6.01. The molecule has 11 nitrogen and oxygen atoms in total. The fourth-order valence-electron chi connectivity index (χ4n) is 5.45. The van der Waals surface area contributed by atoms with Crippen molar-refractivity contribution in [3.63, 3.8) is 0 Å². The predicted molar refractivity (Wildman–Crippen MR) is 157 cm³/mol. The molecule has 3 N–H and O–H groups in total. The Morgan fingerprint density at radius 2 is 1.83 bits per heavy atom. The molecule has 2 fully saturated rings. The zero-order valence-corrected chi connectivity index (χ0v) is 23.8. The van der Waals surface area contributed by atoms with Gasteiger partial charge >= 0.3 is 6.09 Å². The first-order chi connectivity index (χ1) is 19.7. The summed E-state index contributed by atoms with van der Waals surface area (Å²) >= 11 is 0. The number of likely N-dealkylation sites (tertiary alicyclic amines) is 1. The number of nitrogens with zero attached hydrogens (tertiary/aromatic N) is 4. The number of hydrogen-bond donors (Lipinski definition) is 3. The fraction of sp³-hybridized carbons (Fsp3) is 0.467. The van der Waals surface area contributed by atoms with E-state index in [4.69, 9.17) is 14.5 Å². The van der Waals surface area contributed by atoms with E-state index < -0.39 is 5.60 Å². The second-order valence-electron chi connectivity index (χ2n) is 11.8. The van der Waals surface area contributed by atoms with Crippen LogP contribution in [0.15, 0.2) is 36.4 Å². The lowest BCUT2D eigenvalue weighted by atomic mass is 9.97. The van der Waals surface area contributed by atoms with Crippen molar-refractivity contribution in [3.05, 3.63) is 42.0 Å². The van der Waals surface area contributed by atoms with Gasteiger partial charge in [-0.15, -0.1) is 0 Å². The van der Waals surface area contributed by atoms with E-state index in [1.54, 1.807) is 11.0 Å². The summed E-state index contributed by atoms with van der Waals surface area (Å²) in [6, 6.07) is 11.8. The average molecular weight is 560 g/mol. The third kappa shape index (κ3) is 6.00. The molecule has 0 radical (unpaired) electrons. The smallest absolute Gasteiger partial charge is 0.410 e. The summed E-state index contributed by atoms with van der Waals surface area (Å²) in [6.07, 6.45) is 1.37. The van der Waals surface area contributed by atoms with Gasteiger partial charge in [0.2, 0.25) is 0 Å². The minimum Gasteiger partial charge on any atom is -0.444 e. The van der Waals surface area contributed by atoms with Crippen LogP contribution in [-0.2, 0) is 9.47 Å². The fourth-order valence-corrected chi connectivity index (χ4v) is 5.45. The molecule has 2 amide bonds. The van der Waals surface area contributed by atoms with Crippen LogP contribution in [0.3, 0.4) is 0 Å². The van der Waals surface area contributed by atoms with E-state index in [0.717, 1.165) is 66.8 Å². The molecule has 216 valence electrons. The molecule has 4 heterocycles. The van der Waals surface area contributed by atoms with Crippen LogP contribution in [0, 0.1) is 5.92 Å². The number of carbonyl (C=O) groups is 2. The molecule has 4 aromatic rings.